The van der Waals surface area contributed by atoms with E-state index in [2.05, 4.69) is 14.4 Å². The summed E-state index contributed by atoms with van der Waals surface area (Å²) in [6.45, 7) is 4.01. The SMILES string of the molecule is CCCCC1(CCCC)C(=O)C(C2=NS(O)(O)c3cc(NS(C)(=O)=O)ccc3N2)=C(O)c2cc(F)ccc21.[NaH]. The van der Waals surface area contributed by atoms with Gasteiger partial charge in [-0.3, -0.25) is 18.6 Å². The molecule has 39 heavy (non-hydrogen) atoms. The molecule has 1 aliphatic heterocycles. The number of ketones is 1. The van der Waals surface area contributed by atoms with Gasteiger partial charge in [0.25, 0.3) is 0 Å². The average Bonchev–Trinajstić information content (AvgIpc) is 2.83. The minimum atomic E-state index is -3.90. The van der Waals surface area contributed by atoms with Crippen molar-refractivity contribution in [1.82, 2.24) is 0 Å². The first-order valence-corrected chi connectivity index (χ1v) is 15.8. The fraction of sp³-hybridized carbons (Fsp3) is 0.385. The number of amidine groups is 1. The number of nitrogens with one attached hydrogen (secondary N) is 2. The summed E-state index contributed by atoms with van der Waals surface area (Å²) in [5, 5.41) is 14.2. The maximum atomic E-state index is 14.4. The molecule has 0 atom stereocenters. The van der Waals surface area contributed by atoms with Gasteiger partial charge >= 0.3 is 29.6 Å². The van der Waals surface area contributed by atoms with Gasteiger partial charge in [-0.25, -0.2) is 12.8 Å². The number of unbranched alkanes of at least 4 members (excludes halogenated alkanes) is 2. The van der Waals surface area contributed by atoms with Crippen LogP contribution < -0.4 is 10.0 Å². The number of halogens is 1. The van der Waals surface area contributed by atoms with Crippen molar-refractivity contribution >= 4 is 79.1 Å². The van der Waals surface area contributed by atoms with E-state index in [0.717, 1.165) is 19.1 Å². The zero-order valence-electron chi connectivity index (χ0n) is 21.4. The van der Waals surface area contributed by atoms with Crippen LogP contribution in [0, 0.1) is 5.82 Å². The first kappa shape index (κ1) is 31.6. The maximum absolute atomic E-state index is 14.4. The van der Waals surface area contributed by atoms with E-state index in [1.54, 1.807) is 6.07 Å². The summed E-state index contributed by atoms with van der Waals surface area (Å²) in [4.78, 5) is 14.2. The number of hydrogen-bond acceptors (Lipinski definition) is 8. The van der Waals surface area contributed by atoms with Crippen molar-refractivity contribution in [2.24, 2.45) is 4.40 Å². The average molecular weight is 590 g/mol. The number of aliphatic hydroxyl groups is 1. The van der Waals surface area contributed by atoms with Crippen LogP contribution in [0.2, 0.25) is 0 Å². The quantitative estimate of drug-likeness (QED) is 0.240. The zero-order chi connectivity index (χ0) is 27.9. The standard InChI is InChI=1S/C26H32FN3O6S2.Na.H/c1-4-6-12-26(13-7-5-2)19-10-8-16(27)14-18(19)23(31)22(24(26)32)25-28-20-11-9-17(29-37(3,33)34)15-21(20)38(35,36)30-25;;/h8-11,14-15,29,31,35-36H,4-7,12-13H2,1-3H3,(H,28,30);;. The van der Waals surface area contributed by atoms with E-state index in [-0.39, 0.29) is 62.8 Å². The zero-order valence-corrected chi connectivity index (χ0v) is 23.0. The molecule has 208 valence electrons. The van der Waals surface area contributed by atoms with Gasteiger partial charge in [0.1, 0.15) is 22.0 Å². The van der Waals surface area contributed by atoms with Crippen LogP contribution in [0.1, 0.15) is 63.5 Å². The third kappa shape index (κ3) is 6.22. The molecule has 0 saturated carbocycles. The number of aliphatic hydroxyl groups excluding tert-OH is 1. The molecule has 0 radical (unpaired) electrons. The third-order valence-electron chi connectivity index (χ3n) is 6.85. The van der Waals surface area contributed by atoms with E-state index >= 15 is 0 Å². The Morgan fingerprint density at radius 2 is 1.72 bits per heavy atom. The van der Waals surface area contributed by atoms with E-state index in [4.69, 9.17) is 0 Å². The summed E-state index contributed by atoms with van der Waals surface area (Å²) in [5.74, 6) is -1.73. The van der Waals surface area contributed by atoms with E-state index in [1.807, 2.05) is 13.8 Å². The number of carbonyl (C=O) groups is 1. The Morgan fingerprint density at radius 3 is 2.31 bits per heavy atom. The number of nitrogens with zero attached hydrogens (tertiary/aromatic N) is 1. The second kappa shape index (κ2) is 11.9. The van der Waals surface area contributed by atoms with Crippen LogP contribution in [0.3, 0.4) is 0 Å². The van der Waals surface area contributed by atoms with Crippen LogP contribution in [0.15, 0.2) is 51.3 Å². The predicted octanol–water partition coefficient (Wildman–Crippen LogP) is 5.57. The molecule has 0 fully saturated rings. The molecule has 0 bridgehead atoms. The van der Waals surface area contributed by atoms with Gasteiger partial charge in [0.15, 0.2) is 11.6 Å². The Kier molecular flexibility index (Phi) is 9.64. The second-order valence-electron chi connectivity index (χ2n) is 9.70. The molecular formula is C26H33FN3NaO6S2. The van der Waals surface area contributed by atoms with Gasteiger partial charge in [-0.1, -0.05) is 56.4 Å². The summed E-state index contributed by atoms with van der Waals surface area (Å²) in [6, 6.07) is 8.10. The Labute approximate surface area is 251 Å². The van der Waals surface area contributed by atoms with Gasteiger partial charge in [-0.15, -0.1) is 4.40 Å². The van der Waals surface area contributed by atoms with Crippen molar-refractivity contribution in [3.8, 4) is 0 Å². The normalized spacial score (nSPS) is 18.2. The molecule has 0 amide bonds. The molecular weight excluding hydrogens is 556 g/mol. The van der Waals surface area contributed by atoms with Crippen molar-refractivity contribution in [3.05, 3.63) is 58.9 Å². The van der Waals surface area contributed by atoms with E-state index in [0.29, 0.717) is 31.2 Å². The number of rotatable bonds is 9. The van der Waals surface area contributed by atoms with Gasteiger partial charge in [0, 0.05) is 5.56 Å². The van der Waals surface area contributed by atoms with Crippen LogP contribution in [-0.4, -0.2) is 70.1 Å². The molecule has 4 rings (SSSR count). The minimum absolute atomic E-state index is 0. The summed E-state index contributed by atoms with van der Waals surface area (Å²) in [5.41, 5.74) is -0.282. The topological polar surface area (TPSA) is 148 Å². The number of sulfonamides is 1. The van der Waals surface area contributed by atoms with Crippen molar-refractivity contribution < 1.29 is 31.8 Å². The van der Waals surface area contributed by atoms with Crippen LogP contribution in [0.4, 0.5) is 15.8 Å². The number of benzene rings is 2. The van der Waals surface area contributed by atoms with Crippen molar-refractivity contribution in [3.63, 3.8) is 0 Å². The molecule has 2 aromatic carbocycles. The third-order valence-corrected chi connectivity index (χ3v) is 8.82. The summed E-state index contributed by atoms with van der Waals surface area (Å²) in [6.07, 6.45) is 4.98. The number of hydrogen-bond donors (Lipinski definition) is 5. The Morgan fingerprint density at radius 1 is 1.08 bits per heavy atom. The van der Waals surface area contributed by atoms with Crippen molar-refractivity contribution in [2.45, 2.75) is 62.7 Å². The number of fused-ring (bicyclic) bond motifs is 2. The first-order valence-electron chi connectivity index (χ1n) is 12.4. The van der Waals surface area contributed by atoms with E-state index in [1.165, 1.54) is 30.3 Å². The fourth-order valence-electron chi connectivity index (χ4n) is 5.10. The molecule has 5 N–H and O–H groups in total. The molecule has 13 heteroatoms. The van der Waals surface area contributed by atoms with Gasteiger partial charge < -0.3 is 10.4 Å². The van der Waals surface area contributed by atoms with Gasteiger partial charge in [-0.05, 0) is 48.7 Å². The molecule has 2 aromatic rings. The van der Waals surface area contributed by atoms with Crippen molar-refractivity contribution in [2.75, 3.05) is 16.3 Å². The molecule has 2 aliphatic rings. The Hall–Kier alpha value is -1.93. The molecule has 0 unspecified atom stereocenters. The van der Waals surface area contributed by atoms with E-state index in [9.17, 15) is 31.8 Å². The number of anilines is 2. The molecule has 0 saturated heterocycles. The Balaban J connectivity index is 0.00000420. The predicted molar refractivity (Wildman–Crippen MR) is 156 cm³/mol. The van der Waals surface area contributed by atoms with Gasteiger partial charge in [0.05, 0.1) is 23.0 Å². The number of carbonyl (C=O) groups excluding carboxylic acids is 1. The number of Topliss-reactive ketones (excluding diaryl/α,β-unsaturated/α-hetero) is 1. The van der Waals surface area contributed by atoms with Gasteiger partial charge in [-0.2, -0.15) is 0 Å². The fourth-order valence-corrected chi connectivity index (χ4v) is 6.84. The summed E-state index contributed by atoms with van der Waals surface area (Å²) >= 11 is 0. The van der Waals surface area contributed by atoms with Gasteiger partial charge in [0.2, 0.25) is 10.0 Å². The van der Waals surface area contributed by atoms with Crippen LogP contribution in [-0.2, 0) is 20.2 Å². The van der Waals surface area contributed by atoms with E-state index < -0.39 is 43.6 Å². The molecule has 0 spiro atoms. The van der Waals surface area contributed by atoms with Crippen LogP contribution >= 0.6 is 10.8 Å². The molecule has 0 aromatic heterocycles. The first-order chi connectivity index (χ1) is 17.8. The Bertz CT molecular complexity index is 1450. The summed E-state index contributed by atoms with van der Waals surface area (Å²) in [7, 11) is -7.52. The molecule has 1 heterocycles. The monoisotopic (exact) mass is 589 g/mol. The molecule has 9 nitrogen and oxygen atoms in total. The van der Waals surface area contributed by atoms with Crippen LogP contribution in [0.25, 0.3) is 5.76 Å². The van der Waals surface area contributed by atoms with Crippen LogP contribution in [0.5, 0.6) is 0 Å². The molecule has 1 aliphatic carbocycles. The second-order valence-corrected chi connectivity index (χ2v) is 13.1. The van der Waals surface area contributed by atoms with Crippen molar-refractivity contribution in [1.29, 1.82) is 0 Å². The summed E-state index contributed by atoms with van der Waals surface area (Å²) < 4.78 is 65.8.